The number of carboxylic acids is 1. The molecule has 0 radical (unpaired) electrons. The summed E-state index contributed by atoms with van der Waals surface area (Å²) in [6.45, 7) is 0.497. The maximum absolute atomic E-state index is 15.0. The first-order chi connectivity index (χ1) is 18.2. The second-order valence-corrected chi connectivity index (χ2v) is 10.9. The van der Waals surface area contributed by atoms with Crippen molar-refractivity contribution < 1.29 is 27.4 Å². The van der Waals surface area contributed by atoms with Crippen LogP contribution in [0.3, 0.4) is 0 Å². The highest BCUT2D eigenvalue weighted by atomic mass is 32.2. The van der Waals surface area contributed by atoms with Crippen molar-refractivity contribution in [3.8, 4) is 22.8 Å². The second kappa shape index (κ2) is 10.1. The van der Waals surface area contributed by atoms with E-state index in [4.69, 9.17) is 9.84 Å². The predicted octanol–water partition coefficient (Wildman–Crippen LogP) is 5.43. The molecule has 0 aliphatic heterocycles. The first kappa shape index (κ1) is 25.2. The van der Waals surface area contributed by atoms with Gasteiger partial charge in [0.05, 0.1) is 12.2 Å². The number of benzene rings is 3. The fraction of sp³-hybridized carbons (Fsp3) is 0.143. The van der Waals surface area contributed by atoms with Gasteiger partial charge in [0.2, 0.25) is 0 Å². The molecule has 2 aromatic heterocycles. The molecule has 0 saturated heterocycles. The van der Waals surface area contributed by atoms with E-state index in [0.29, 0.717) is 35.1 Å². The highest BCUT2D eigenvalue weighted by Gasteiger charge is 2.24. The molecule has 0 bridgehead atoms. The van der Waals surface area contributed by atoms with E-state index in [1.165, 1.54) is 6.07 Å². The van der Waals surface area contributed by atoms with Gasteiger partial charge in [0.15, 0.2) is 21.4 Å². The van der Waals surface area contributed by atoms with E-state index in [0.717, 1.165) is 17.4 Å². The topological polar surface area (TPSA) is 114 Å². The van der Waals surface area contributed by atoms with Crippen molar-refractivity contribution in [3.63, 3.8) is 0 Å². The number of aromatic nitrogens is 3. The van der Waals surface area contributed by atoms with Crippen molar-refractivity contribution >= 4 is 26.7 Å². The first-order valence-electron chi connectivity index (χ1n) is 11.8. The lowest BCUT2D eigenvalue weighted by atomic mass is 10.1. The minimum absolute atomic E-state index is 0.0718. The summed E-state index contributed by atoms with van der Waals surface area (Å²) in [4.78, 5) is 13.5. The Morgan fingerprint density at radius 2 is 1.87 bits per heavy atom. The molecule has 194 valence electrons. The molecule has 0 spiro atoms. The molecule has 0 unspecified atom stereocenters. The molecule has 2 N–H and O–H groups in total. The number of H-pyrrole nitrogens is 1. The van der Waals surface area contributed by atoms with Crippen LogP contribution < -0.4 is 4.74 Å². The Bertz CT molecular complexity index is 1760. The van der Waals surface area contributed by atoms with Crippen LogP contribution >= 0.6 is 0 Å². The molecule has 0 aliphatic rings. The largest absolute Gasteiger partial charge is 0.481 e. The van der Waals surface area contributed by atoms with E-state index in [2.05, 4.69) is 10.1 Å². The maximum atomic E-state index is 15.0. The van der Waals surface area contributed by atoms with E-state index < -0.39 is 21.6 Å². The van der Waals surface area contributed by atoms with Crippen LogP contribution in [0, 0.1) is 5.82 Å². The lowest BCUT2D eigenvalue weighted by Gasteiger charge is -2.13. The average Bonchev–Trinajstić information content (AvgIpc) is 3.52. The number of hydrogen-bond acceptors (Lipinski definition) is 5. The van der Waals surface area contributed by atoms with Gasteiger partial charge in [-0.15, -0.1) is 0 Å². The number of ether oxygens (including phenoxy) is 1. The Morgan fingerprint density at radius 1 is 1.08 bits per heavy atom. The predicted molar refractivity (Wildman–Crippen MR) is 141 cm³/mol. The molecule has 5 rings (SSSR count). The number of halogens is 1. The van der Waals surface area contributed by atoms with Crippen LogP contribution in [0.5, 0.6) is 11.5 Å². The number of fused-ring (bicyclic) bond motifs is 1. The third kappa shape index (κ3) is 5.45. The Hall–Kier alpha value is -4.44. The number of carboxylic acid groups (broad SMARTS) is 1. The number of aromatic amines is 1. The van der Waals surface area contributed by atoms with Gasteiger partial charge in [-0.1, -0.05) is 36.4 Å². The van der Waals surface area contributed by atoms with Crippen LogP contribution in [0.2, 0.25) is 0 Å². The van der Waals surface area contributed by atoms with E-state index in [9.17, 15) is 17.6 Å². The smallest absolute Gasteiger partial charge is 0.303 e. The van der Waals surface area contributed by atoms with Crippen molar-refractivity contribution in [2.24, 2.45) is 0 Å². The van der Waals surface area contributed by atoms with Crippen molar-refractivity contribution in [2.75, 3.05) is 6.26 Å². The molecule has 8 nitrogen and oxygen atoms in total. The number of rotatable bonds is 9. The van der Waals surface area contributed by atoms with Gasteiger partial charge < -0.3 is 14.8 Å². The van der Waals surface area contributed by atoms with E-state index in [-0.39, 0.29) is 22.8 Å². The quantitative estimate of drug-likeness (QED) is 0.261. The van der Waals surface area contributed by atoms with Crippen LogP contribution in [0.25, 0.3) is 22.2 Å². The fourth-order valence-electron chi connectivity index (χ4n) is 4.35. The summed E-state index contributed by atoms with van der Waals surface area (Å²) in [7, 11) is -3.80. The maximum Gasteiger partial charge on any atom is 0.303 e. The molecule has 5 aromatic rings. The van der Waals surface area contributed by atoms with Crippen LogP contribution in [0.1, 0.15) is 17.5 Å². The number of aliphatic carboxylic acids is 1. The van der Waals surface area contributed by atoms with Crippen LogP contribution in [-0.2, 0) is 27.6 Å². The average molecular weight is 534 g/mol. The highest BCUT2D eigenvalue weighted by Crippen LogP contribution is 2.38. The molecule has 2 heterocycles. The van der Waals surface area contributed by atoms with Crippen molar-refractivity contribution in [1.29, 1.82) is 0 Å². The van der Waals surface area contributed by atoms with Gasteiger partial charge in [-0.3, -0.25) is 9.48 Å². The minimum atomic E-state index is -3.80. The van der Waals surface area contributed by atoms with Crippen molar-refractivity contribution in [2.45, 2.75) is 24.3 Å². The summed E-state index contributed by atoms with van der Waals surface area (Å²) < 4.78 is 47.6. The normalized spacial score (nSPS) is 11.6. The second-order valence-electron chi connectivity index (χ2n) is 8.97. The zero-order chi connectivity index (χ0) is 26.9. The monoisotopic (exact) mass is 533 g/mol. The summed E-state index contributed by atoms with van der Waals surface area (Å²) in [5, 5.41) is 13.9. The number of carbonyl (C=O) groups is 1. The fourth-order valence-corrected chi connectivity index (χ4v) is 5.40. The lowest BCUT2D eigenvalue weighted by molar-refractivity contribution is -0.136. The Labute approximate surface area is 218 Å². The minimum Gasteiger partial charge on any atom is -0.481 e. The summed E-state index contributed by atoms with van der Waals surface area (Å²) >= 11 is 0. The third-order valence-electron chi connectivity index (χ3n) is 6.04. The van der Waals surface area contributed by atoms with E-state index in [1.807, 2.05) is 42.6 Å². The molecule has 0 saturated carbocycles. The van der Waals surface area contributed by atoms with Gasteiger partial charge in [0.25, 0.3) is 0 Å². The van der Waals surface area contributed by atoms with Crippen LogP contribution in [-0.4, -0.2) is 40.5 Å². The molecule has 38 heavy (non-hydrogen) atoms. The van der Waals surface area contributed by atoms with Crippen molar-refractivity contribution in [1.82, 2.24) is 14.8 Å². The third-order valence-corrected chi connectivity index (χ3v) is 7.19. The standard InChI is InChI=1S/C28H24FN3O5S/c1-38(35,36)28-22-10-12-30-25(22)16-23(29)27(28)37-21-7-3-6-20(15-21)24-11-13-32(31-24)17-19-5-2-4-18(14-19)8-9-26(33)34/h2-7,10-16,30H,8-9,17H2,1H3,(H,33,34). The zero-order valence-electron chi connectivity index (χ0n) is 20.4. The van der Waals surface area contributed by atoms with E-state index in [1.54, 1.807) is 35.1 Å². The SMILES string of the molecule is CS(=O)(=O)c1c(Oc2cccc(-c3ccn(Cc4cccc(CCC(=O)O)c4)n3)c2)c(F)cc2[nH]ccc12. The van der Waals surface area contributed by atoms with Crippen LogP contribution in [0.15, 0.2) is 84.0 Å². The molecule has 10 heteroatoms. The van der Waals surface area contributed by atoms with Crippen LogP contribution in [0.4, 0.5) is 4.39 Å². The van der Waals surface area contributed by atoms with Crippen molar-refractivity contribution in [3.05, 3.63) is 96.1 Å². The molecule has 3 aromatic carbocycles. The summed E-state index contributed by atoms with van der Waals surface area (Å²) in [5.41, 5.74) is 3.66. The molecular weight excluding hydrogens is 509 g/mol. The number of nitrogens with one attached hydrogen (secondary N) is 1. The number of nitrogens with zero attached hydrogens (tertiary/aromatic N) is 2. The highest BCUT2D eigenvalue weighted by molar-refractivity contribution is 7.91. The summed E-state index contributed by atoms with van der Waals surface area (Å²) in [5.74, 6) is -1.72. The summed E-state index contributed by atoms with van der Waals surface area (Å²) in [6, 6.07) is 19.2. The Kier molecular flexibility index (Phi) is 6.73. The van der Waals surface area contributed by atoms with Gasteiger partial charge in [-0.05, 0) is 41.8 Å². The Morgan fingerprint density at radius 3 is 2.66 bits per heavy atom. The van der Waals surface area contributed by atoms with Gasteiger partial charge in [0, 0.05) is 47.6 Å². The number of hydrogen-bond donors (Lipinski definition) is 2. The van der Waals surface area contributed by atoms with Gasteiger partial charge >= 0.3 is 5.97 Å². The molecule has 0 fully saturated rings. The molecule has 0 amide bonds. The first-order valence-corrected chi connectivity index (χ1v) is 13.7. The molecule has 0 atom stereocenters. The Balaban J connectivity index is 1.39. The number of aryl methyl sites for hydroxylation is 1. The van der Waals surface area contributed by atoms with E-state index >= 15 is 0 Å². The molecular formula is C28H24FN3O5S. The van der Waals surface area contributed by atoms with Gasteiger partial charge in [0.1, 0.15) is 10.6 Å². The van der Waals surface area contributed by atoms with Gasteiger partial charge in [-0.25, -0.2) is 12.8 Å². The lowest BCUT2D eigenvalue weighted by Crippen LogP contribution is -2.03. The zero-order valence-corrected chi connectivity index (χ0v) is 21.2. The van der Waals surface area contributed by atoms with Gasteiger partial charge in [-0.2, -0.15) is 5.10 Å². The summed E-state index contributed by atoms with van der Waals surface area (Å²) in [6.07, 6.45) is 4.92. The molecule has 0 aliphatic carbocycles. The number of sulfone groups is 1.